The van der Waals surface area contributed by atoms with Crippen LogP contribution in [0.15, 0.2) is 24.3 Å². The molecule has 1 atom stereocenters. The molecular weight excluding hydrogens is 222 g/mol. The van der Waals surface area contributed by atoms with Crippen molar-refractivity contribution in [2.45, 2.75) is 20.3 Å². The minimum absolute atomic E-state index is 0.516. The van der Waals surface area contributed by atoms with Crippen LogP contribution in [0.3, 0.4) is 0 Å². The predicted molar refractivity (Wildman–Crippen MR) is 69.3 cm³/mol. The predicted octanol–water partition coefficient (Wildman–Crippen LogP) is 3.35. The molecule has 1 aromatic carbocycles. The number of hydrogen-bond donors (Lipinski definition) is 1. The van der Waals surface area contributed by atoms with Crippen LogP contribution in [0.5, 0.6) is 5.75 Å². The molecule has 0 aliphatic rings. The van der Waals surface area contributed by atoms with Crippen molar-refractivity contribution in [1.82, 2.24) is 5.32 Å². The van der Waals surface area contributed by atoms with E-state index in [1.807, 2.05) is 24.3 Å². The lowest BCUT2D eigenvalue weighted by Gasteiger charge is -2.13. The minimum Gasteiger partial charge on any atom is -0.493 e. The fourth-order valence-electron chi connectivity index (χ4n) is 1.35. The van der Waals surface area contributed by atoms with Crippen LogP contribution in [0.2, 0.25) is 5.02 Å². The number of nitrogens with one attached hydrogen (secondary N) is 1. The first kappa shape index (κ1) is 13.3. The Labute approximate surface area is 103 Å². The van der Waals surface area contributed by atoms with E-state index >= 15 is 0 Å². The quantitative estimate of drug-likeness (QED) is 0.740. The summed E-state index contributed by atoms with van der Waals surface area (Å²) in [7, 11) is 0. The van der Waals surface area contributed by atoms with E-state index in [4.69, 9.17) is 16.3 Å². The summed E-state index contributed by atoms with van der Waals surface area (Å²) in [5.41, 5.74) is 0. The highest BCUT2D eigenvalue weighted by atomic mass is 35.5. The third-order valence-corrected chi connectivity index (χ3v) is 2.52. The van der Waals surface area contributed by atoms with Crippen LogP contribution in [0.4, 0.5) is 0 Å². The van der Waals surface area contributed by atoms with Gasteiger partial charge in [-0.2, -0.15) is 0 Å². The van der Waals surface area contributed by atoms with E-state index in [-0.39, 0.29) is 0 Å². The molecule has 1 N–H and O–H groups in total. The Morgan fingerprint density at radius 3 is 2.62 bits per heavy atom. The highest BCUT2D eigenvalue weighted by Gasteiger charge is 2.02. The third-order valence-electron chi connectivity index (χ3n) is 2.27. The molecule has 0 radical (unpaired) electrons. The maximum Gasteiger partial charge on any atom is 0.119 e. The van der Waals surface area contributed by atoms with E-state index in [0.717, 1.165) is 30.5 Å². The highest BCUT2D eigenvalue weighted by Crippen LogP contribution is 2.15. The molecule has 0 aliphatic carbocycles. The molecule has 3 heteroatoms. The largest absolute Gasteiger partial charge is 0.493 e. The Morgan fingerprint density at radius 1 is 1.31 bits per heavy atom. The van der Waals surface area contributed by atoms with Gasteiger partial charge in [0.25, 0.3) is 0 Å². The zero-order chi connectivity index (χ0) is 11.8. The first-order valence-corrected chi connectivity index (χ1v) is 6.19. The van der Waals surface area contributed by atoms with E-state index in [2.05, 4.69) is 19.2 Å². The van der Waals surface area contributed by atoms with Crippen LogP contribution in [-0.2, 0) is 0 Å². The lowest BCUT2D eigenvalue weighted by molar-refractivity contribution is 0.256. The second-order valence-corrected chi connectivity index (χ2v) is 4.51. The second kappa shape index (κ2) is 7.53. The molecule has 90 valence electrons. The minimum atomic E-state index is 0.516. The Balaban J connectivity index is 2.20. The average Bonchev–Trinajstić information content (AvgIpc) is 2.29. The van der Waals surface area contributed by atoms with Crippen molar-refractivity contribution < 1.29 is 4.74 Å². The van der Waals surface area contributed by atoms with Crippen molar-refractivity contribution in [1.29, 1.82) is 0 Å². The SMILES string of the molecule is CCCNCC(C)COc1ccc(Cl)cc1. The van der Waals surface area contributed by atoms with Crippen LogP contribution >= 0.6 is 11.6 Å². The monoisotopic (exact) mass is 241 g/mol. The van der Waals surface area contributed by atoms with Gasteiger partial charge in [0, 0.05) is 17.5 Å². The van der Waals surface area contributed by atoms with E-state index < -0.39 is 0 Å². The van der Waals surface area contributed by atoms with Crippen LogP contribution < -0.4 is 10.1 Å². The van der Waals surface area contributed by atoms with Gasteiger partial charge in [-0.3, -0.25) is 0 Å². The zero-order valence-corrected chi connectivity index (χ0v) is 10.8. The molecule has 0 fully saturated rings. The van der Waals surface area contributed by atoms with E-state index in [1.165, 1.54) is 6.42 Å². The lowest BCUT2D eigenvalue weighted by atomic mass is 10.2. The van der Waals surface area contributed by atoms with Crippen molar-refractivity contribution >= 4 is 11.6 Å². The Bertz CT molecular complexity index is 286. The van der Waals surface area contributed by atoms with Crippen LogP contribution in [0, 0.1) is 5.92 Å². The summed E-state index contributed by atoms with van der Waals surface area (Å²) in [6.45, 7) is 7.16. The molecule has 0 bridgehead atoms. The topological polar surface area (TPSA) is 21.3 Å². The molecule has 1 unspecified atom stereocenters. The van der Waals surface area contributed by atoms with E-state index in [1.54, 1.807) is 0 Å². The van der Waals surface area contributed by atoms with Gasteiger partial charge in [-0.05, 0) is 37.2 Å². The Morgan fingerprint density at radius 2 is 2.00 bits per heavy atom. The first-order valence-electron chi connectivity index (χ1n) is 5.81. The summed E-state index contributed by atoms with van der Waals surface area (Å²) in [5.74, 6) is 1.40. The third kappa shape index (κ3) is 5.38. The number of hydrogen-bond acceptors (Lipinski definition) is 2. The Kier molecular flexibility index (Phi) is 6.27. The van der Waals surface area contributed by atoms with Gasteiger partial charge in [0.2, 0.25) is 0 Å². The van der Waals surface area contributed by atoms with Gasteiger partial charge < -0.3 is 10.1 Å². The second-order valence-electron chi connectivity index (χ2n) is 4.07. The van der Waals surface area contributed by atoms with E-state index in [9.17, 15) is 0 Å². The first-order chi connectivity index (χ1) is 7.72. The van der Waals surface area contributed by atoms with Gasteiger partial charge >= 0.3 is 0 Å². The summed E-state index contributed by atoms with van der Waals surface area (Å²) >= 11 is 5.79. The summed E-state index contributed by atoms with van der Waals surface area (Å²) in [6, 6.07) is 7.48. The van der Waals surface area contributed by atoms with Crippen molar-refractivity contribution in [3.63, 3.8) is 0 Å². The molecular formula is C13H20ClNO. The van der Waals surface area contributed by atoms with Gasteiger partial charge in [0.05, 0.1) is 6.61 Å². The molecule has 1 rings (SSSR count). The summed E-state index contributed by atoms with van der Waals surface area (Å²) in [5, 5.41) is 4.12. The van der Waals surface area contributed by atoms with Crippen molar-refractivity contribution in [3.8, 4) is 5.75 Å². The molecule has 0 aromatic heterocycles. The molecule has 0 saturated heterocycles. The normalized spacial score (nSPS) is 12.4. The zero-order valence-electron chi connectivity index (χ0n) is 10.0. The maximum absolute atomic E-state index is 5.79. The molecule has 0 heterocycles. The number of halogens is 1. The van der Waals surface area contributed by atoms with E-state index in [0.29, 0.717) is 5.92 Å². The van der Waals surface area contributed by atoms with Crippen molar-refractivity contribution in [3.05, 3.63) is 29.3 Å². The Hall–Kier alpha value is -0.730. The lowest BCUT2D eigenvalue weighted by Crippen LogP contribution is -2.25. The number of benzene rings is 1. The fraction of sp³-hybridized carbons (Fsp3) is 0.538. The van der Waals surface area contributed by atoms with Gasteiger partial charge in [-0.25, -0.2) is 0 Å². The molecule has 0 saturated carbocycles. The molecule has 0 amide bonds. The van der Waals surface area contributed by atoms with Crippen LogP contribution in [0.1, 0.15) is 20.3 Å². The molecule has 16 heavy (non-hydrogen) atoms. The molecule has 2 nitrogen and oxygen atoms in total. The highest BCUT2D eigenvalue weighted by molar-refractivity contribution is 6.30. The van der Waals surface area contributed by atoms with Crippen molar-refractivity contribution in [2.75, 3.05) is 19.7 Å². The van der Waals surface area contributed by atoms with Gasteiger partial charge in [-0.1, -0.05) is 25.4 Å². The average molecular weight is 242 g/mol. The standard InChI is InChI=1S/C13H20ClNO/c1-3-8-15-9-11(2)10-16-13-6-4-12(14)5-7-13/h4-7,11,15H,3,8-10H2,1-2H3. The summed E-state index contributed by atoms with van der Waals surface area (Å²) in [6.07, 6.45) is 1.17. The summed E-state index contributed by atoms with van der Waals surface area (Å²) in [4.78, 5) is 0. The number of rotatable bonds is 7. The molecule has 0 spiro atoms. The van der Waals surface area contributed by atoms with Gasteiger partial charge in [0.15, 0.2) is 0 Å². The van der Waals surface area contributed by atoms with Crippen LogP contribution in [-0.4, -0.2) is 19.7 Å². The molecule has 1 aromatic rings. The smallest absolute Gasteiger partial charge is 0.119 e. The number of ether oxygens (including phenoxy) is 1. The van der Waals surface area contributed by atoms with Gasteiger partial charge in [0.1, 0.15) is 5.75 Å². The fourth-order valence-corrected chi connectivity index (χ4v) is 1.48. The molecule has 0 aliphatic heterocycles. The van der Waals surface area contributed by atoms with Crippen LogP contribution in [0.25, 0.3) is 0 Å². The summed E-state index contributed by atoms with van der Waals surface area (Å²) < 4.78 is 5.65. The van der Waals surface area contributed by atoms with Crippen molar-refractivity contribution in [2.24, 2.45) is 5.92 Å². The van der Waals surface area contributed by atoms with Gasteiger partial charge in [-0.15, -0.1) is 0 Å². The maximum atomic E-state index is 5.79.